The molecule has 0 bridgehead atoms. The van der Waals surface area contributed by atoms with Gasteiger partial charge < -0.3 is 10.6 Å². The van der Waals surface area contributed by atoms with Crippen molar-refractivity contribution in [3.63, 3.8) is 0 Å². The lowest BCUT2D eigenvalue weighted by molar-refractivity contribution is -0.114. The van der Waals surface area contributed by atoms with Gasteiger partial charge in [0.25, 0.3) is 5.91 Å². The fourth-order valence-electron chi connectivity index (χ4n) is 2.19. The van der Waals surface area contributed by atoms with Gasteiger partial charge in [0, 0.05) is 21.7 Å². The zero-order valence-electron chi connectivity index (χ0n) is 13.5. The number of halogens is 1. The molecule has 0 radical (unpaired) electrons. The topological polar surface area (TPSA) is 83.1 Å². The third-order valence-electron chi connectivity index (χ3n) is 3.24. The number of thiocarbonyl (C=S) groups is 1. The van der Waals surface area contributed by atoms with Crippen LogP contribution in [0.4, 0.5) is 10.8 Å². The van der Waals surface area contributed by atoms with E-state index in [1.807, 2.05) is 24.3 Å². The molecule has 1 aromatic heterocycles. The normalized spacial score (nSPS) is 10.4. The molecule has 0 aliphatic heterocycles. The highest BCUT2D eigenvalue weighted by molar-refractivity contribution is 14.1. The third-order valence-corrected chi connectivity index (χ3v) is 5.05. The number of nitrogens with zero attached hydrogens (tertiary/aromatic N) is 1. The number of nitrogens with one attached hydrogen (secondary N) is 3. The Morgan fingerprint density at radius 3 is 2.69 bits per heavy atom. The number of thiazole rings is 1. The molecule has 1 heterocycles. The van der Waals surface area contributed by atoms with E-state index in [0.29, 0.717) is 16.4 Å². The van der Waals surface area contributed by atoms with Crippen molar-refractivity contribution in [3.05, 3.63) is 51.6 Å². The van der Waals surface area contributed by atoms with Gasteiger partial charge in [0.05, 0.1) is 10.2 Å². The molecule has 6 nitrogen and oxygen atoms in total. The van der Waals surface area contributed by atoms with E-state index in [0.717, 1.165) is 13.8 Å². The average molecular weight is 496 g/mol. The summed E-state index contributed by atoms with van der Waals surface area (Å²) in [5.41, 5.74) is 2.01. The van der Waals surface area contributed by atoms with Crippen LogP contribution in [-0.4, -0.2) is 21.9 Å². The van der Waals surface area contributed by atoms with Crippen LogP contribution in [0, 0.1) is 3.57 Å². The molecule has 26 heavy (non-hydrogen) atoms. The lowest BCUT2D eigenvalue weighted by Gasteiger charge is -2.07. The molecule has 0 fully saturated rings. The van der Waals surface area contributed by atoms with Crippen LogP contribution in [0.3, 0.4) is 0 Å². The van der Waals surface area contributed by atoms with Crippen molar-refractivity contribution in [2.24, 2.45) is 0 Å². The SMILES string of the molecule is CC(=O)Nc1ccc2nc(NC(=S)NC(=O)c3cccc(I)c3)sc2c1. The molecule has 3 aromatic rings. The first-order valence-electron chi connectivity index (χ1n) is 7.47. The first-order chi connectivity index (χ1) is 12.4. The molecule has 9 heteroatoms. The van der Waals surface area contributed by atoms with E-state index in [9.17, 15) is 9.59 Å². The first-order valence-corrected chi connectivity index (χ1v) is 9.77. The summed E-state index contributed by atoms with van der Waals surface area (Å²) in [5.74, 6) is -0.415. The van der Waals surface area contributed by atoms with Gasteiger partial charge in [-0.1, -0.05) is 17.4 Å². The maximum absolute atomic E-state index is 12.2. The van der Waals surface area contributed by atoms with E-state index in [4.69, 9.17) is 12.2 Å². The second kappa shape index (κ2) is 8.06. The Balaban J connectivity index is 1.69. The summed E-state index contributed by atoms with van der Waals surface area (Å²) >= 11 is 8.72. The number of carbonyl (C=O) groups excluding carboxylic acids is 2. The van der Waals surface area contributed by atoms with Crippen molar-refractivity contribution in [2.45, 2.75) is 6.92 Å². The highest BCUT2D eigenvalue weighted by Crippen LogP contribution is 2.28. The second-order valence-electron chi connectivity index (χ2n) is 5.30. The number of aromatic nitrogens is 1. The van der Waals surface area contributed by atoms with Gasteiger partial charge >= 0.3 is 0 Å². The average Bonchev–Trinajstić information content (AvgIpc) is 2.95. The van der Waals surface area contributed by atoms with Crippen molar-refractivity contribution in [2.75, 3.05) is 10.6 Å². The summed E-state index contributed by atoms with van der Waals surface area (Å²) in [7, 11) is 0. The van der Waals surface area contributed by atoms with Crippen molar-refractivity contribution in [3.8, 4) is 0 Å². The molecule has 3 rings (SSSR count). The molecule has 2 aromatic carbocycles. The number of hydrogen-bond acceptors (Lipinski definition) is 5. The van der Waals surface area contributed by atoms with Crippen LogP contribution in [0.1, 0.15) is 17.3 Å². The number of rotatable bonds is 3. The van der Waals surface area contributed by atoms with Crippen molar-refractivity contribution >= 4 is 84.1 Å². The molecular formula is C17H13IN4O2S2. The summed E-state index contributed by atoms with van der Waals surface area (Å²) in [6.07, 6.45) is 0. The van der Waals surface area contributed by atoms with Crippen LogP contribution in [0.5, 0.6) is 0 Å². The lowest BCUT2D eigenvalue weighted by Crippen LogP contribution is -2.34. The number of fused-ring (bicyclic) bond motifs is 1. The first kappa shape index (κ1) is 18.7. The number of carbonyl (C=O) groups is 2. The third kappa shape index (κ3) is 4.74. The standard InChI is InChI=1S/C17H13IN4O2S2/c1-9(23)19-12-5-6-13-14(8-12)26-17(20-13)22-16(25)21-15(24)10-3-2-4-11(18)7-10/h2-8H,1H3,(H,19,23)(H2,20,21,22,24,25). The van der Waals surface area contributed by atoms with E-state index in [2.05, 4.69) is 43.5 Å². The molecule has 0 saturated heterocycles. The smallest absolute Gasteiger partial charge is 0.257 e. The summed E-state index contributed by atoms with van der Waals surface area (Å²) in [4.78, 5) is 27.8. The van der Waals surface area contributed by atoms with Gasteiger partial charge in [-0.05, 0) is 71.2 Å². The Kier molecular flexibility index (Phi) is 5.79. The highest BCUT2D eigenvalue weighted by Gasteiger charge is 2.11. The lowest BCUT2D eigenvalue weighted by atomic mass is 10.2. The van der Waals surface area contributed by atoms with E-state index in [1.165, 1.54) is 18.3 Å². The molecule has 132 valence electrons. The molecule has 0 saturated carbocycles. The van der Waals surface area contributed by atoms with Crippen LogP contribution in [0.25, 0.3) is 10.2 Å². The maximum atomic E-state index is 12.2. The van der Waals surface area contributed by atoms with Crippen molar-refractivity contribution < 1.29 is 9.59 Å². The predicted octanol–water partition coefficient (Wildman–Crippen LogP) is 3.99. The molecule has 0 aliphatic carbocycles. The fourth-order valence-corrected chi connectivity index (χ4v) is 3.90. The van der Waals surface area contributed by atoms with Gasteiger partial charge in [0.1, 0.15) is 0 Å². The van der Waals surface area contributed by atoms with Gasteiger partial charge in [-0.3, -0.25) is 14.9 Å². The summed E-state index contributed by atoms with van der Waals surface area (Å²) < 4.78 is 1.86. The Hall–Kier alpha value is -2.11. The van der Waals surface area contributed by atoms with Gasteiger partial charge in [0.15, 0.2) is 10.2 Å². The molecule has 2 amide bonds. The van der Waals surface area contributed by atoms with Crippen molar-refractivity contribution in [1.29, 1.82) is 0 Å². The minimum Gasteiger partial charge on any atom is -0.326 e. The maximum Gasteiger partial charge on any atom is 0.257 e. The molecule has 0 aliphatic rings. The van der Waals surface area contributed by atoms with Crippen LogP contribution >= 0.6 is 46.1 Å². The van der Waals surface area contributed by atoms with Crippen LogP contribution < -0.4 is 16.0 Å². The van der Waals surface area contributed by atoms with Gasteiger partial charge in [-0.25, -0.2) is 4.98 Å². The van der Waals surface area contributed by atoms with Gasteiger partial charge in [-0.15, -0.1) is 0 Å². The molecular weight excluding hydrogens is 483 g/mol. The van der Waals surface area contributed by atoms with Gasteiger partial charge in [-0.2, -0.15) is 0 Å². The Morgan fingerprint density at radius 1 is 1.15 bits per heavy atom. The van der Waals surface area contributed by atoms with Gasteiger partial charge in [0.2, 0.25) is 5.91 Å². The fraction of sp³-hybridized carbons (Fsp3) is 0.0588. The minimum atomic E-state index is -0.282. The van der Waals surface area contributed by atoms with Crippen molar-refractivity contribution in [1.82, 2.24) is 10.3 Å². The quantitative estimate of drug-likeness (QED) is 0.378. The van der Waals surface area contributed by atoms with E-state index in [-0.39, 0.29) is 16.9 Å². The Bertz CT molecular complexity index is 1020. The van der Waals surface area contributed by atoms with E-state index in [1.54, 1.807) is 18.2 Å². The summed E-state index contributed by atoms with van der Waals surface area (Å²) in [6.45, 7) is 1.46. The van der Waals surface area contributed by atoms with E-state index >= 15 is 0 Å². The predicted molar refractivity (Wildman–Crippen MR) is 117 cm³/mol. The number of amides is 2. The highest BCUT2D eigenvalue weighted by atomic mass is 127. The van der Waals surface area contributed by atoms with Crippen LogP contribution in [-0.2, 0) is 4.79 Å². The zero-order valence-corrected chi connectivity index (χ0v) is 17.3. The summed E-state index contributed by atoms with van der Waals surface area (Å²) in [6, 6.07) is 12.7. The monoisotopic (exact) mass is 496 g/mol. The zero-order chi connectivity index (χ0) is 18.7. The number of benzene rings is 2. The second-order valence-corrected chi connectivity index (χ2v) is 7.99. The molecule has 0 unspecified atom stereocenters. The van der Waals surface area contributed by atoms with Crippen LogP contribution in [0.2, 0.25) is 0 Å². The molecule has 0 atom stereocenters. The minimum absolute atomic E-state index is 0.133. The summed E-state index contributed by atoms with van der Waals surface area (Å²) in [5, 5.41) is 9.04. The van der Waals surface area contributed by atoms with Crippen LogP contribution in [0.15, 0.2) is 42.5 Å². The largest absolute Gasteiger partial charge is 0.326 e. The number of anilines is 2. The van der Waals surface area contributed by atoms with E-state index < -0.39 is 0 Å². The molecule has 3 N–H and O–H groups in total. The Labute approximate surface area is 172 Å². The Morgan fingerprint density at radius 2 is 1.96 bits per heavy atom. The molecule has 0 spiro atoms. The number of hydrogen-bond donors (Lipinski definition) is 3.